The normalized spacial score (nSPS) is 12.7. The molecule has 0 amide bonds. The molecule has 0 aliphatic carbocycles. The van der Waals surface area contributed by atoms with Gasteiger partial charge >= 0.3 is 0 Å². The molecule has 0 saturated heterocycles. The van der Waals surface area contributed by atoms with Gasteiger partial charge in [-0.25, -0.2) is 4.36 Å². The third kappa shape index (κ3) is 2.28. The number of hydrogen-bond acceptors (Lipinski definition) is 3. The third-order valence-electron chi connectivity index (χ3n) is 0.695. The van der Waals surface area contributed by atoms with Gasteiger partial charge in [0.15, 0.2) is 0 Å². The van der Waals surface area contributed by atoms with Crippen LogP contribution in [0, 0.1) is 0 Å². The Bertz CT molecular complexity index is 89.7. The van der Waals surface area contributed by atoms with Gasteiger partial charge in [0.25, 0.3) is 0 Å². The maximum Gasteiger partial charge on any atom is 0.0988 e. The van der Waals surface area contributed by atoms with Crippen LogP contribution in [-0.2, 0) is 12.4 Å². The molecule has 2 N–H and O–H groups in total. The van der Waals surface area contributed by atoms with Gasteiger partial charge < -0.3 is 5.73 Å². The summed E-state index contributed by atoms with van der Waals surface area (Å²) in [4.78, 5) is 0. The summed E-state index contributed by atoms with van der Waals surface area (Å²) in [6.45, 7) is 5.24. The van der Waals surface area contributed by atoms with Crippen molar-refractivity contribution in [3.05, 3.63) is 12.3 Å². The predicted molar refractivity (Wildman–Crippen MR) is 32.6 cm³/mol. The Labute approximate surface area is 48.6 Å². The summed E-state index contributed by atoms with van der Waals surface area (Å²) in [5, 5.41) is 0. The van der Waals surface area contributed by atoms with E-state index in [9.17, 15) is 0 Å². The Morgan fingerprint density at radius 1 is 2.00 bits per heavy atom. The van der Waals surface area contributed by atoms with Gasteiger partial charge in [0.1, 0.15) is 0 Å². The summed E-state index contributed by atoms with van der Waals surface area (Å²) < 4.78 is 3.45. The summed E-state index contributed by atoms with van der Waals surface area (Å²) in [5.41, 5.74) is 5.71. The lowest BCUT2D eigenvalue weighted by molar-refractivity contribution is 0.870. The molecule has 3 heteroatoms. The van der Waals surface area contributed by atoms with Crippen LogP contribution in [0.3, 0.4) is 0 Å². The van der Waals surface area contributed by atoms with E-state index in [1.54, 1.807) is 6.92 Å². The molecule has 0 aliphatic heterocycles. The van der Waals surface area contributed by atoms with Gasteiger partial charge in [0.2, 0.25) is 0 Å². The van der Waals surface area contributed by atoms with Crippen molar-refractivity contribution in [3.8, 4) is 0 Å². The second-order valence-electron chi connectivity index (χ2n) is 1.36. The van der Waals surface area contributed by atoms with Crippen LogP contribution >= 0.6 is 0 Å². The second-order valence-corrected chi connectivity index (χ2v) is 1.57. The van der Waals surface area contributed by atoms with Gasteiger partial charge in [0, 0.05) is 18.1 Å². The molecule has 40 valence electrons. The van der Waals surface area contributed by atoms with Crippen LogP contribution in [0.5, 0.6) is 0 Å². The van der Waals surface area contributed by atoms with E-state index < -0.39 is 0 Å². The van der Waals surface area contributed by atoms with Crippen LogP contribution in [0.4, 0.5) is 0 Å². The van der Waals surface area contributed by atoms with E-state index in [-0.39, 0.29) is 6.04 Å². The standard InChI is InChI=1S/C4H8N2S/c1-3(5)4(2)6-7/h4H,1,5H2,2H3. The molecule has 0 fully saturated rings. The van der Waals surface area contributed by atoms with E-state index in [0.717, 1.165) is 0 Å². The Morgan fingerprint density at radius 3 is 2.43 bits per heavy atom. The minimum absolute atomic E-state index is 0.0741. The average molecular weight is 116 g/mol. The number of nitrogens with zero attached hydrogens (tertiary/aromatic N) is 1. The van der Waals surface area contributed by atoms with Gasteiger partial charge in [-0.3, -0.25) is 0 Å². The Hall–Kier alpha value is -0.440. The molecule has 0 bridgehead atoms. The van der Waals surface area contributed by atoms with E-state index in [1.165, 1.54) is 0 Å². The third-order valence-corrected chi connectivity index (χ3v) is 1.01. The van der Waals surface area contributed by atoms with Crippen LogP contribution in [0.15, 0.2) is 16.6 Å². The minimum Gasteiger partial charge on any atom is -0.401 e. The van der Waals surface area contributed by atoms with E-state index in [2.05, 4.69) is 23.4 Å². The molecule has 2 nitrogen and oxygen atoms in total. The van der Waals surface area contributed by atoms with Crippen molar-refractivity contribution in [2.24, 2.45) is 10.1 Å². The molecule has 0 aromatic heterocycles. The van der Waals surface area contributed by atoms with Gasteiger partial charge in [-0.05, 0) is 6.92 Å². The van der Waals surface area contributed by atoms with Gasteiger partial charge in [0.05, 0.1) is 6.04 Å². The Balaban J connectivity index is 3.55. The van der Waals surface area contributed by atoms with Gasteiger partial charge in [-0.15, -0.1) is 0 Å². The van der Waals surface area contributed by atoms with Gasteiger partial charge in [-0.2, -0.15) is 0 Å². The van der Waals surface area contributed by atoms with Crippen LogP contribution in [0.25, 0.3) is 0 Å². The number of hydrogen-bond donors (Lipinski definition) is 1. The molecular weight excluding hydrogens is 108 g/mol. The zero-order chi connectivity index (χ0) is 5.86. The SMILES string of the molecule is C=C(N)C(C)N=S. The first kappa shape index (κ1) is 6.56. The van der Waals surface area contributed by atoms with Crippen LogP contribution in [-0.4, -0.2) is 6.04 Å². The zero-order valence-corrected chi connectivity index (χ0v) is 5.03. The van der Waals surface area contributed by atoms with Crippen LogP contribution < -0.4 is 5.73 Å². The number of rotatable bonds is 2. The van der Waals surface area contributed by atoms with Crippen molar-refractivity contribution >= 4 is 12.4 Å². The zero-order valence-electron chi connectivity index (χ0n) is 4.22. The first-order chi connectivity index (χ1) is 3.18. The molecule has 0 spiro atoms. The smallest absolute Gasteiger partial charge is 0.0988 e. The van der Waals surface area contributed by atoms with Crippen molar-refractivity contribution in [1.29, 1.82) is 0 Å². The molecule has 0 aromatic carbocycles. The highest BCUT2D eigenvalue weighted by atomic mass is 32.1. The molecule has 0 aromatic rings. The topological polar surface area (TPSA) is 38.4 Å². The van der Waals surface area contributed by atoms with Crippen LogP contribution in [0.1, 0.15) is 6.92 Å². The molecular formula is C4H8N2S. The van der Waals surface area contributed by atoms with E-state index >= 15 is 0 Å². The van der Waals surface area contributed by atoms with Crippen molar-refractivity contribution in [2.75, 3.05) is 0 Å². The maximum absolute atomic E-state index is 5.19. The molecule has 1 atom stereocenters. The fourth-order valence-electron chi connectivity index (χ4n) is 0.0677. The highest BCUT2D eigenvalue weighted by Crippen LogP contribution is 1.92. The lowest BCUT2D eigenvalue weighted by Gasteiger charge is -1.98. The highest BCUT2D eigenvalue weighted by Gasteiger charge is 1.94. The fraction of sp³-hybridized carbons (Fsp3) is 0.500. The summed E-state index contributed by atoms with van der Waals surface area (Å²) in [6, 6.07) is -0.0741. The molecule has 1 unspecified atom stereocenters. The average Bonchev–Trinajstić information content (AvgIpc) is 1.65. The largest absolute Gasteiger partial charge is 0.401 e. The lowest BCUT2D eigenvalue weighted by atomic mass is 10.3. The fourth-order valence-corrected chi connectivity index (χ4v) is 0.203. The lowest BCUT2D eigenvalue weighted by Crippen LogP contribution is -2.08. The van der Waals surface area contributed by atoms with E-state index in [1.807, 2.05) is 0 Å². The summed E-state index contributed by atoms with van der Waals surface area (Å²) in [5.74, 6) is 0. The summed E-state index contributed by atoms with van der Waals surface area (Å²) in [7, 11) is 0. The minimum atomic E-state index is -0.0741. The number of nitrogens with two attached hydrogens (primary N) is 1. The van der Waals surface area contributed by atoms with Gasteiger partial charge in [-0.1, -0.05) is 6.58 Å². The van der Waals surface area contributed by atoms with E-state index in [4.69, 9.17) is 5.73 Å². The molecule has 0 saturated carbocycles. The Morgan fingerprint density at radius 2 is 2.43 bits per heavy atom. The summed E-state index contributed by atoms with van der Waals surface area (Å²) >= 11 is 4.34. The van der Waals surface area contributed by atoms with Crippen LogP contribution in [0.2, 0.25) is 0 Å². The highest BCUT2D eigenvalue weighted by molar-refractivity contribution is 7.47. The first-order valence-electron chi connectivity index (χ1n) is 1.95. The van der Waals surface area contributed by atoms with Crippen molar-refractivity contribution in [1.82, 2.24) is 0 Å². The molecule has 0 aliphatic rings. The van der Waals surface area contributed by atoms with E-state index in [0.29, 0.717) is 5.70 Å². The second kappa shape index (κ2) is 2.69. The molecule has 0 heterocycles. The molecule has 0 rings (SSSR count). The molecule has 0 radical (unpaired) electrons. The van der Waals surface area contributed by atoms with Crippen molar-refractivity contribution in [3.63, 3.8) is 0 Å². The Kier molecular flexibility index (Phi) is 2.52. The monoisotopic (exact) mass is 116 g/mol. The predicted octanol–water partition coefficient (Wildman–Crippen LogP) is 0.578. The molecule has 7 heavy (non-hydrogen) atoms. The first-order valence-corrected chi connectivity index (χ1v) is 2.31. The van der Waals surface area contributed by atoms with Crippen molar-refractivity contribution in [2.45, 2.75) is 13.0 Å². The van der Waals surface area contributed by atoms with Crippen molar-refractivity contribution < 1.29 is 0 Å². The quantitative estimate of drug-likeness (QED) is 0.573. The summed E-state index contributed by atoms with van der Waals surface area (Å²) in [6.07, 6.45) is 0. The maximum atomic E-state index is 5.19.